The minimum atomic E-state index is -0.802. The zero-order valence-electron chi connectivity index (χ0n) is 17.4. The maximum Gasteiger partial charge on any atom is 0.336 e. The molecule has 31 heavy (non-hydrogen) atoms. The molecule has 0 spiro atoms. The Morgan fingerprint density at radius 3 is 2.71 bits per heavy atom. The van der Waals surface area contributed by atoms with Crippen LogP contribution in [0.2, 0.25) is 0 Å². The van der Waals surface area contributed by atoms with Crippen LogP contribution in [0.5, 0.6) is 0 Å². The largest absolute Gasteiger partial charge is 0.460 e. The van der Waals surface area contributed by atoms with Gasteiger partial charge >= 0.3 is 5.97 Å². The number of rotatable bonds is 6. The van der Waals surface area contributed by atoms with Crippen molar-refractivity contribution in [3.8, 4) is 0 Å². The first kappa shape index (κ1) is 21.5. The van der Waals surface area contributed by atoms with Crippen LogP contribution < -0.4 is 5.32 Å². The molecule has 1 aliphatic heterocycles. The number of nitrogens with one attached hydrogen (secondary N) is 1. The highest BCUT2D eigenvalue weighted by Crippen LogP contribution is 2.46. The van der Waals surface area contributed by atoms with Crippen molar-refractivity contribution >= 4 is 23.1 Å². The van der Waals surface area contributed by atoms with E-state index < -0.39 is 17.7 Å². The van der Waals surface area contributed by atoms with Crippen LogP contribution in [0, 0.1) is 5.82 Å². The van der Waals surface area contributed by atoms with Crippen LogP contribution in [0.15, 0.2) is 64.3 Å². The number of carbonyl (C=O) groups excluding carboxylic acids is 2. The summed E-state index contributed by atoms with van der Waals surface area (Å²) >= 11 is 1.63. The second-order valence-corrected chi connectivity index (χ2v) is 8.66. The Bertz CT molecular complexity index is 1060. The van der Waals surface area contributed by atoms with Crippen molar-refractivity contribution in [2.75, 3.05) is 20.3 Å². The summed E-state index contributed by atoms with van der Waals surface area (Å²) in [5, 5.41) is 5.27. The van der Waals surface area contributed by atoms with Crippen molar-refractivity contribution in [1.29, 1.82) is 0 Å². The summed E-state index contributed by atoms with van der Waals surface area (Å²) in [6, 6.07) is 10.3. The molecule has 1 N–H and O–H groups in total. The van der Waals surface area contributed by atoms with Crippen LogP contribution in [0.4, 0.5) is 4.39 Å². The van der Waals surface area contributed by atoms with Crippen molar-refractivity contribution in [2.45, 2.75) is 31.6 Å². The monoisotopic (exact) mass is 441 g/mol. The quantitative estimate of drug-likeness (QED) is 0.530. The van der Waals surface area contributed by atoms with E-state index in [0.29, 0.717) is 29.7 Å². The third-order valence-corrected chi connectivity index (χ3v) is 6.76. The van der Waals surface area contributed by atoms with E-state index in [1.807, 2.05) is 17.5 Å². The summed E-state index contributed by atoms with van der Waals surface area (Å²) in [7, 11) is 1.52. The molecular weight excluding hydrogens is 417 g/mol. The number of hydrogen-bond donors (Lipinski definition) is 1. The van der Waals surface area contributed by atoms with Gasteiger partial charge in [-0.3, -0.25) is 4.79 Å². The highest BCUT2D eigenvalue weighted by Gasteiger charge is 2.42. The molecule has 2 aliphatic rings. The van der Waals surface area contributed by atoms with E-state index in [1.54, 1.807) is 36.5 Å². The first-order valence-electron chi connectivity index (χ1n) is 10.2. The minimum Gasteiger partial charge on any atom is -0.460 e. The predicted molar refractivity (Wildman–Crippen MR) is 116 cm³/mol. The zero-order chi connectivity index (χ0) is 22.0. The predicted octanol–water partition coefficient (Wildman–Crippen LogP) is 4.44. The Hall–Kier alpha value is -2.77. The number of esters is 1. The van der Waals surface area contributed by atoms with Gasteiger partial charge in [0.25, 0.3) is 0 Å². The number of dihydropyridines is 1. The van der Waals surface area contributed by atoms with Crippen molar-refractivity contribution < 1.29 is 23.5 Å². The van der Waals surface area contributed by atoms with Crippen LogP contribution >= 0.6 is 11.3 Å². The number of thiophene rings is 1. The van der Waals surface area contributed by atoms with Gasteiger partial charge < -0.3 is 14.8 Å². The molecule has 0 amide bonds. The van der Waals surface area contributed by atoms with Gasteiger partial charge in [0.1, 0.15) is 12.4 Å². The zero-order valence-corrected chi connectivity index (χ0v) is 18.3. The van der Waals surface area contributed by atoms with Crippen LogP contribution in [-0.2, 0) is 19.1 Å². The Labute approximate surface area is 184 Å². The highest BCUT2D eigenvalue weighted by molar-refractivity contribution is 7.10. The van der Waals surface area contributed by atoms with E-state index in [4.69, 9.17) is 9.47 Å². The van der Waals surface area contributed by atoms with Crippen LogP contribution in [0.3, 0.4) is 0 Å². The molecule has 0 unspecified atom stereocenters. The molecule has 162 valence electrons. The highest BCUT2D eigenvalue weighted by atomic mass is 32.1. The molecule has 0 radical (unpaired) electrons. The molecular formula is C24H24FNO4S. The fourth-order valence-corrected chi connectivity index (χ4v) is 5.18. The smallest absolute Gasteiger partial charge is 0.336 e. The van der Waals surface area contributed by atoms with Gasteiger partial charge in [0.15, 0.2) is 5.78 Å². The average molecular weight is 442 g/mol. The van der Waals surface area contributed by atoms with Gasteiger partial charge in [0.05, 0.1) is 18.1 Å². The SMILES string of the molecule is COCCOC(=O)C1=C(C)NC2=C(C(=O)C[C@H](c3cccs3)C2)[C@H]1c1ccccc1F. The number of carbonyl (C=O) groups is 2. The number of Topliss-reactive ketones (excluding diaryl/α,β-unsaturated/α-hetero) is 1. The average Bonchev–Trinajstić information content (AvgIpc) is 3.28. The maximum atomic E-state index is 14.9. The van der Waals surface area contributed by atoms with E-state index in [2.05, 4.69) is 5.32 Å². The summed E-state index contributed by atoms with van der Waals surface area (Å²) < 4.78 is 25.2. The summed E-state index contributed by atoms with van der Waals surface area (Å²) in [5.41, 5.74) is 2.37. The molecule has 7 heteroatoms. The van der Waals surface area contributed by atoms with E-state index in [0.717, 1.165) is 10.6 Å². The van der Waals surface area contributed by atoms with Gasteiger partial charge in [-0.2, -0.15) is 0 Å². The summed E-state index contributed by atoms with van der Waals surface area (Å²) in [5.74, 6) is -1.83. The van der Waals surface area contributed by atoms with Gasteiger partial charge in [-0.05, 0) is 30.9 Å². The molecule has 0 fully saturated rings. The first-order valence-corrected chi connectivity index (χ1v) is 11.1. The van der Waals surface area contributed by atoms with Gasteiger partial charge in [-0.15, -0.1) is 11.3 Å². The molecule has 2 aromatic rings. The van der Waals surface area contributed by atoms with Crippen molar-refractivity contribution in [3.05, 3.63) is 80.6 Å². The number of allylic oxidation sites excluding steroid dienone is 3. The third-order valence-electron chi connectivity index (χ3n) is 5.73. The Morgan fingerprint density at radius 1 is 1.19 bits per heavy atom. The number of hydrogen-bond acceptors (Lipinski definition) is 6. The van der Waals surface area contributed by atoms with Crippen LogP contribution in [0.1, 0.15) is 42.0 Å². The summed E-state index contributed by atoms with van der Waals surface area (Å²) in [4.78, 5) is 27.5. The number of ketones is 1. The molecule has 0 saturated carbocycles. The lowest BCUT2D eigenvalue weighted by Gasteiger charge is -2.36. The molecule has 0 bridgehead atoms. The Balaban J connectivity index is 1.77. The van der Waals surface area contributed by atoms with E-state index in [9.17, 15) is 14.0 Å². The van der Waals surface area contributed by atoms with Gasteiger partial charge in [-0.1, -0.05) is 24.3 Å². The van der Waals surface area contributed by atoms with Crippen molar-refractivity contribution in [2.24, 2.45) is 0 Å². The number of halogens is 1. The lowest BCUT2D eigenvalue weighted by atomic mass is 9.72. The summed E-state index contributed by atoms with van der Waals surface area (Å²) in [6.45, 7) is 2.10. The molecule has 1 aromatic heterocycles. The Kier molecular flexibility index (Phi) is 6.34. The molecule has 0 saturated heterocycles. The fourth-order valence-electron chi connectivity index (χ4n) is 4.35. The molecule has 5 nitrogen and oxygen atoms in total. The lowest BCUT2D eigenvalue weighted by Crippen LogP contribution is -2.36. The minimum absolute atomic E-state index is 0.0722. The second kappa shape index (κ2) is 9.16. The Morgan fingerprint density at radius 2 is 2.00 bits per heavy atom. The second-order valence-electron chi connectivity index (χ2n) is 7.68. The number of benzene rings is 1. The molecule has 2 atom stereocenters. The topological polar surface area (TPSA) is 64.6 Å². The van der Waals surface area contributed by atoms with E-state index >= 15 is 0 Å². The van der Waals surface area contributed by atoms with Gasteiger partial charge in [0.2, 0.25) is 0 Å². The number of methoxy groups -OCH3 is 1. The van der Waals surface area contributed by atoms with Crippen molar-refractivity contribution in [3.63, 3.8) is 0 Å². The van der Waals surface area contributed by atoms with Gasteiger partial charge in [0, 0.05) is 46.9 Å². The first-order chi connectivity index (χ1) is 15.0. The standard InChI is InChI=1S/C24H24FNO4S/c1-14-21(24(28)30-10-9-29-2)22(16-6-3-4-7-17(16)25)23-18(26-14)12-15(13-19(23)27)20-8-5-11-31-20/h3-8,11,15,22,26H,9-10,12-13H2,1-2H3/t15-,22+/m1/s1. The van der Waals surface area contributed by atoms with Gasteiger partial charge in [-0.25, -0.2) is 9.18 Å². The van der Waals surface area contributed by atoms with Crippen LogP contribution in [0.25, 0.3) is 0 Å². The molecule has 1 aliphatic carbocycles. The normalized spacial score (nSPS) is 21.1. The molecule has 2 heterocycles. The van der Waals surface area contributed by atoms with E-state index in [-0.39, 0.29) is 30.5 Å². The van der Waals surface area contributed by atoms with Crippen LogP contribution in [-0.4, -0.2) is 32.1 Å². The maximum absolute atomic E-state index is 14.9. The molecule has 1 aromatic carbocycles. The fraction of sp³-hybridized carbons (Fsp3) is 0.333. The number of ether oxygens (including phenoxy) is 2. The summed E-state index contributed by atoms with van der Waals surface area (Å²) in [6.07, 6.45) is 0.965. The van der Waals surface area contributed by atoms with E-state index in [1.165, 1.54) is 13.2 Å². The lowest BCUT2D eigenvalue weighted by molar-refractivity contribution is -0.140. The molecule has 4 rings (SSSR count). The third kappa shape index (κ3) is 4.20. The van der Waals surface area contributed by atoms with Crippen molar-refractivity contribution in [1.82, 2.24) is 5.32 Å².